The van der Waals surface area contributed by atoms with Gasteiger partial charge in [-0.3, -0.25) is 0 Å². The van der Waals surface area contributed by atoms with Crippen molar-refractivity contribution in [1.82, 2.24) is 4.98 Å². The molecule has 0 rings (SSSR count). The van der Waals surface area contributed by atoms with Crippen molar-refractivity contribution in [2.45, 2.75) is 5.91 Å². The smallest absolute Gasteiger partial charge is 0.398 e. The number of carbonyl (C=O) groups excluding carboxylic acids is 1. The van der Waals surface area contributed by atoms with Crippen LogP contribution in [0.5, 0.6) is 0 Å². The van der Waals surface area contributed by atoms with E-state index in [0.717, 1.165) is 0 Å². The summed E-state index contributed by atoms with van der Waals surface area (Å²) in [7, 11) is 4.34. The zero-order valence-corrected chi connectivity index (χ0v) is 7.71. The van der Waals surface area contributed by atoms with Gasteiger partial charge in [0.15, 0.2) is 5.91 Å². The summed E-state index contributed by atoms with van der Waals surface area (Å²) in [5.41, 5.74) is 0. The molecule has 0 heterocycles. The highest BCUT2D eigenvalue weighted by molar-refractivity contribution is 6.37. The highest BCUT2D eigenvalue weighted by Gasteiger charge is 2.09. The Morgan fingerprint density at radius 1 is 1.36 bits per heavy atom. The Balaban J connectivity index is 3.42. The third-order valence-corrected chi connectivity index (χ3v) is 1.96. The van der Waals surface area contributed by atoms with Crippen molar-refractivity contribution in [3.05, 3.63) is 0 Å². The standard InChI is InChI=1S/C5H11NO4Si/c1-8-4(7)6-11-5(9-2)10-3/h5H,1-3H3,(H,6,7). The third-order valence-electron chi connectivity index (χ3n) is 0.906. The summed E-state index contributed by atoms with van der Waals surface area (Å²) in [6, 6.07) is 0. The Morgan fingerprint density at radius 3 is 2.27 bits per heavy atom. The summed E-state index contributed by atoms with van der Waals surface area (Å²) in [4.78, 5) is 13.0. The molecule has 0 saturated carbocycles. The molecule has 1 amide bonds. The van der Waals surface area contributed by atoms with Crippen molar-refractivity contribution in [2.75, 3.05) is 21.3 Å². The molecule has 5 nitrogen and oxygen atoms in total. The highest BCUT2D eigenvalue weighted by Crippen LogP contribution is 1.84. The second kappa shape index (κ2) is 6.14. The first-order valence-corrected chi connectivity index (χ1v) is 3.97. The summed E-state index contributed by atoms with van der Waals surface area (Å²) in [5, 5.41) is 0. The average molecular weight is 177 g/mol. The van der Waals surface area contributed by atoms with Gasteiger partial charge in [0.05, 0.1) is 7.11 Å². The first-order valence-electron chi connectivity index (χ1n) is 2.89. The van der Waals surface area contributed by atoms with Crippen LogP contribution in [0.25, 0.3) is 0 Å². The van der Waals surface area contributed by atoms with Crippen LogP contribution < -0.4 is 4.98 Å². The number of carbonyl (C=O) groups is 1. The van der Waals surface area contributed by atoms with E-state index in [-0.39, 0.29) is 9.68 Å². The second-order valence-corrected chi connectivity index (χ2v) is 2.57. The van der Waals surface area contributed by atoms with Crippen LogP contribution in [0.2, 0.25) is 0 Å². The molecule has 0 aliphatic rings. The van der Waals surface area contributed by atoms with Gasteiger partial charge in [-0.1, -0.05) is 0 Å². The van der Waals surface area contributed by atoms with E-state index >= 15 is 0 Å². The largest absolute Gasteiger partial charge is 0.453 e. The fraction of sp³-hybridized carbons (Fsp3) is 0.800. The Morgan fingerprint density at radius 2 is 1.91 bits per heavy atom. The van der Waals surface area contributed by atoms with E-state index < -0.39 is 12.0 Å². The van der Waals surface area contributed by atoms with E-state index in [1.54, 1.807) is 0 Å². The van der Waals surface area contributed by atoms with Gasteiger partial charge in [0, 0.05) is 14.2 Å². The lowest BCUT2D eigenvalue weighted by molar-refractivity contribution is -0.0449. The first-order chi connectivity index (χ1) is 5.24. The van der Waals surface area contributed by atoms with Crippen molar-refractivity contribution in [3.63, 3.8) is 0 Å². The van der Waals surface area contributed by atoms with Gasteiger partial charge in [0.2, 0.25) is 0 Å². The number of amides is 1. The van der Waals surface area contributed by atoms with Gasteiger partial charge < -0.3 is 19.2 Å². The van der Waals surface area contributed by atoms with Gasteiger partial charge in [0.1, 0.15) is 0 Å². The normalized spacial score (nSPS) is 9.82. The van der Waals surface area contributed by atoms with Gasteiger partial charge in [-0.2, -0.15) is 0 Å². The zero-order chi connectivity index (χ0) is 8.69. The summed E-state index contributed by atoms with van der Waals surface area (Å²) in [6.07, 6.45) is -0.484. The minimum atomic E-state index is -0.484. The van der Waals surface area contributed by atoms with Crippen LogP contribution in [0.15, 0.2) is 0 Å². The number of ether oxygens (including phenoxy) is 3. The van der Waals surface area contributed by atoms with Crippen LogP contribution in [0, 0.1) is 0 Å². The van der Waals surface area contributed by atoms with Crippen LogP contribution >= 0.6 is 0 Å². The summed E-state index contributed by atoms with van der Waals surface area (Å²) in [5.74, 6) is -0.394. The van der Waals surface area contributed by atoms with Crippen molar-refractivity contribution < 1.29 is 19.0 Å². The average Bonchev–Trinajstić information content (AvgIpc) is 2.06. The second-order valence-electron chi connectivity index (χ2n) is 1.56. The monoisotopic (exact) mass is 177 g/mol. The summed E-state index contributed by atoms with van der Waals surface area (Å²) >= 11 is 0. The SMILES string of the molecule is COC(=O)N[Si]C(OC)OC. The maximum atomic E-state index is 10.5. The minimum Gasteiger partial charge on any atom is -0.453 e. The first kappa shape index (κ1) is 10.4. The molecule has 0 saturated heterocycles. The van der Waals surface area contributed by atoms with Gasteiger partial charge in [-0.05, 0) is 0 Å². The lowest BCUT2D eigenvalue weighted by Gasteiger charge is -2.11. The van der Waals surface area contributed by atoms with Gasteiger partial charge in [-0.15, -0.1) is 0 Å². The van der Waals surface area contributed by atoms with Gasteiger partial charge in [-0.25, -0.2) is 4.79 Å². The molecular weight excluding hydrogens is 166 g/mol. The van der Waals surface area contributed by atoms with Gasteiger partial charge >= 0.3 is 6.09 Å². The molecular formula is C5H11NO4Si. The maximum Gasteiger partial charge on any atom is 0.398 e. The molecule has 0 spiro atoms. The van der Waals surface area contributed by atoms with Crippen LogP contribution in [-0.4, -0.2) is 43.0 Å². The number of hydrogen-bond donors (Lipinski definition) is 1. The van der Waals surface area contributed by atoms with Crippen LogP contribution in [0.1, 0.15) is 0 Å². The van der Waals surface area contributed by atoms with E-state index in [2.05, 4.69) is 9.72 Å². The molecule has 0 fully saturated rings. The topological polar surface area (TPSA) is 56.8 Å². The Kier molecular flexibility index (Phi) is 5.81. The van der Waals surface area contributed by atoms with Gasteiger partial charge in [0.25, 0.3) is 9.68 Å². The molecule has 0 bridgehead atoms. The molecule has 2 radical (unpaired) electrons. The fourth-order valence-electron chi connectivity index (χ4n) is 0.383. The molecule has 11 heavy (non-hydrogen) atoms. The molecule has 0 aromatic rings. The predicted molar refractivity (Wildman–Crippen MR) is 39.1 cm³/mol. The van der Waals surface area contributed by atoms with Crippen molar-refractivity contribution in [3.8, 4) is 0 Å². The van der Waals surface area contributed by atoms with E-state index in [4.69, 9.17) is 9.47 Å². The molecule has 0 aromatic heterocycles. The lowest BCUT2D eigenvalue weighted by Crippen LogP contribution is -2.37. The molecule has 0 aliphatic carbocycles. The molecule has 1 N–H and O–H groups in total. The number of nitrogens with one attached hydrogen (secondary N) is 1. The Hall–Kier alpha value is -0.593. The fourth-order valence-corrected chi connectivity index (χ4v) is 0.956. The lowest BCUT2D eigenvalue weighted by atomic mass is 11.2. The quantitative estimate of drug-likeness (QED) is 0.466. The van der Waals surface area contributed by atoms with E-state index in [1.807, 2.05) is 0 Å². The predicted octanol–water partition coefficient (Wildman–Crippen LogP) is -0.462. The van der Waals surface area contributed by atoms with Crippen LogP contribution in [-0.2, 0) is 14.2 Å². The summed E-state index contributed by atoms with van der Waals surface area (Å²) < 4.78 is 14.0. The third kappa shape index (κ3) is 4.77. The number of hydrogen-bond acceptors (Lipinski definition) is 4. The maximum absolute atomic E-state index is 10.5. The Labute approximate surface area is 67.9 Å². The minimum absolute atomic E-state index is 0.0415. The highest BCUT2D eigenvalue weighted by atomic mass is 28.2. The molecule has 64 valence electrons. The zero-order valence-electron chi connectivity index (χ0n) is 6.71. The molecule has 0 aromatic carbocycles. The Bertz CT molecular complexity index is 117. The van der Waals surface area contributed by atoms with Crippen molar-refractivity contribution in [2.24, 2.45) is 0 Å². The van der Waals surface area contributed by atoms with Crippen molar-refractivity contribution >= 4 is 15.8 Å². The van der Waals surface area contributed by atoms with Crippen LogP contribution in [0.3, 0.4) is 0 Å². The van der Waals surface area contributed by atoms with E-state index in [1.165, 1.54) is 21.3 Å². The molecule has 6 heteroatoms. The van der Waals surface area contributed by atoms with E-state index in [0.29, 0.717) is 0 Å². The number of rotatable bonds is 4. The molecule has 0 atom stereocenters. The van der Waals surface area contributed by atoms with E-state index in [9.17, 15) is 4.79 Å². The molecule has 0 aliphatic heterocycles. The summed E-state index contributed by atoms with van der Waals surface area (Å²) in [6.45, 7) is 0. The molecule has 0 unspecified atom stereocenters. The van der Waals surface area contributed by atoms with Crippen LogP contribution in [0.4, 0.5) is 4.79 Å². The number of methoxy groups -OCH3 is 3. The van der Waals surface area contributed by atoms with Crippen molar-refractivity contribution in [1.29, 1.82) is 0 Å².